The molecule has 0 fully saturated rings. The number of hydrogen-bond acceptors (Lipinski definition) is 4. The maximum Gasteiger partial charge on any atom is 0.453 e. The van der Waals surface area contributed by atoms with Crippen LogP contribution in [0, 0.1) is 0 Å². The molecule has 0 spiro atoms. The minimum atomic E-state index is -0.758. The van der Waals surface area contributed by atoms with E-state index >= 15 is 0 Å². The fourth-order valence-corrected chi connectivity index (χ4v) is 0.753. The van der Waals surface area contributed by atoms with Crippen molar-refractivity contribution in [3.05, 3.63) is 12.5 Å². The Morgan fingerprint density at radius 3 is 1.75 bits per heavy atom. The van der Waals surface area contributed by atoms with Gasteiger partial charge in [0.1, 0.15) is 11.2 Å². The van der Waals surface area contributed by atoms with Crippen molar-refractivity contribution in [2.24, 2.45) is 10.2 Å². The van der Waals surface area contributed by atoms with E-state index in [0.717, 1.165) is 0 Å². The van der Waals surface area contributed by atoms with Crippen LogP contribution in [0.3, 0.4) is 0 Å². The van der Waals surface area contributed by atoms with Crippen molar-refractivity contribution in [1.82, 2.24) is 0 Å². The fraction of sp³-hybridized carbons (Fsp3) is 0.727. The Bertz CT molecular complexity index is 265. The number of amides is 1. The van der Waals surface area contributed by atoms with E-state index in [1.54, 1.807) is 20.8 Å². The molecule has 5 heteroatoms. The second-order valence-electron chi connectivity index (χ2n) is 5.29. The number of hydrogen-bond donors (Lipinski definition) is 0. The molecule has 16 heavy (non-hydrogen) atoms. The third-order valence-electron chi connectivity index (χ3n) is 1.06. The lowest BCUT2D eigenvalue weighted by Gasteiger charge is -2.20. The van der Waals surface area contributed by atoms with Crippen LogP contribution in [0.4, 0.5) is 4.79 Å². The molecule has 0 aliphatic rings. The summed E-state index contributed by atoms with van der Waals surface area (Å²) in [4.78, 5) is 11.1. The van der Waals surface area contributed by atoms with Crippen molar-refractivity contribution < 1.29 is 14.3 Å². The van der Waals surface area contributed by atoms with Crippen LogP contribution in [0.5, 0.6) is 0 Å². The summed E-state index contributed by atoms with van der Waals surface area (Å²) in [6.45, 7) is 14.3. The van der Waals surface area contributed by atoms with Crippen molar-refractivity contribution >= 4 is 6.09 Å². The predicted molar refractivity (Wildman–Crippen MR) is 61.1 cm³/mol. The van der Waals surface area contributed by atoms with Crippen LogP contribution in [0.1, 0.15) is 41.5 Å². The average molecular weight is 228 g/mol. The Kier molecular flexibility index (Phi) is 4.65. The van der Waals surface area contributed by atoms with Gasteiger partial charge in [0.25, 0.3) is 0 Å². The van der Waals surface area contributed by atoms with E-state index in [4.69, 9.17) is 9.47 Å². The summed E-state index contributed by atoms with van der Waals surface area (Å²) in [7, 11) is 0. The van der Waals surface area contributed by atoms with Gasteiger partial charge in [0.2, 0.25) is 5.88 Å². The minimum Gasteiger partial charge on any atom is -0.471 e. The summed E-state index contributed by atoms with van der Waals surface area (Å²) in [6, 6.07) is 0. The lowest BCUT2D eigenvalue weighted by atomic mass is 10.2. The molecule has 0 rings (SSSR count). The van der Waals surface area contributed by atoms with Crippen LogP contribution in [-0.2, 0) is 9.47 Å². The summed E-state index contributed by atoms with van der Waals surface area (Å²) in [6.07, 6.45) is -0.758. The van der Waals surface area contributed by atoms with Crippen molar-refractivity contribution in [3.8, 4) is 0 Å². The molecule has 0 radical (unpaired) electrons. The first kappa shape index (κ1) is 14.6. The number of carbonyl (C=O) groups is 1. The fourth-order valence-electron chi connectivity index (χ4n) is 0.753. The Morgan fingerprint density at radius 1 is 0.938 bits per heavy atom. The second kappa shape index (κ2) is 5.09. The molecule has 0 saturated heterocycles. The van der Waals surface area contributed by atoms with E-state index in [9.17, 15) is 4.79 Å². The molecule has 0 aliphatic carbocycles. The van der Waals surface area contributed by atoms with E-state index in [0.29, 0.717) is 0 Å². The number of ether oxygens (including phenoxy) is 2. The standard InChI is InChI=1S/C11H20N2O3/c1-8(15-10(2,3)4)12-13-9(14)16-11(5,6)7/h1H2,2-7H3/b13-12-. The Balaban J connectivity index is 4.20. The van der Waals surface area contributed by atoms with Gasteiger partial charge in [-0.05, 0) is 48.1 Å². The van der Waals surface area contributed by atoms with Gasteiger partial charge < -0.3 is 9.47 Å². The molecular formula is C11H20N2O3. The first-order valence-electron chi connectivity index (χ1n) is 5.02. The van der Waals surface area contributed by atoms with E-state index in [1.165, 1.54) is 0 Å². The van der Waals surface area contributed by atoms with Gasteiger partial charge in [-0.1, -0.05) is 5.11 Å². The molecule has 0 aromatic carbocycles. The normalized spacial score (nSPS) is 12.6. The molecular weight excluding hydrogens is 208 g/mol. The van der Waals surface area contributed by atoms with Gasteiger partial charge in [-0.15, -0.1) is 5.11 Å². The molecule has 0 saturated carbocycles. The molecule has 0 heterocycles. The highest BCUT2D eigenvalue weighted by Crippen LogP contribution is 2.14. The number of carbonyl (C=O) groups excluding carboxylic acids is 1. The molecule has 92 valence electrons. The minimum absolute atomic E-state index is 0.0818. The second-order valence-corrected chi connectivity index (χ2v) is 5.29. The van der Waals surface area contributed by atoms with Crippen LogP contribution < -0.4 is 0 Å². The zero-order valence-electron chi connectivity index (χ0n) is 10.8. The molecule has 0 unspecified atom stereocenters. The quantitative estimate of drug-likeness (QED) is 0.535. The van der Waals surface area contributed by atoms with Crippen LogP contribution in [-0.4, -0.2) is 17.3 Å². The summed E-state index contributed by atoms with van der Waals surface area (Å²) >= 11 is 0. The van der Waals surface area contributed by atoms with Gasteiger partial charge in [0, 0.05) is 0 Å². The molecule has 0 aromatic rings. The highest BCUT2D eigenvalue weighted by molar-refractivity contribution is 5.67. The van der Waals surface area contributed by atoms with E-state index < -0.39 is 17.3 Å². The lowest BCUT2D eigenvalue weighted by molar-refractivity contribution is 0.0455. The molecule has 0 N–H and O–H groups in total. The molecule has 1 amide bonds. The summed E-state index contributed by atoms with van der Waals surface area (Å²) in [5.74, 6) is 0.0818. The van der Waals surface area contributed by atoms with Gasteiger partial charge in [-0.3, -0.25) is 0 Å². The predicted octanol–water partition coefficient (Wildman–Crippen LogP) is 3.66. The maximum absolute atomic E-state index is 11.1. The third kappa shape index (κ3) is 9.18. The lowest BCUT2D eigenvalue weighted by Crippen LogP contribution is -2.21. The van der Waals surface area contributed by atoms with Crippen LogP contribution in [0.2, 0.25) is 0 Å². The van der Waals surface area contributed by atoms with Crippen LogP contribution in [0.25, 0.3) is 0 Å². The largest absolute Gasteiger partial charge is 0.471 e. The average Bonchev–Trinajstić information content (AvgIpc) is 1.94. The SMILES string of the molecule is C=C(/N=N\C(=O)OC(C)(C)C)OC(C)(C)C. The monoisotopic (exact) mass is 228 g/mol. The highest BCUT2D eigenvalue weighted by atomic mass is 16.6. The number of nitrogens with zero attached hydrogens (tertiary/aromatic N) is 2. The first-order chi connectivity index (χ1) is 6.99. The highest BCUT2D eigenvalue weighted by Gasteiger charge is 2.16. The van der Waals surface area contributed by atoms with Gasteiger partial charge in [0.15, 0.2) is 0 Å². The van der Waals surface area contributed by atoms with Gasteiger partial charge in [-0.2, -0.15) is 0 Å². The van der Waals surface area contributed by atoms with Crippen LogP contribution >= 0.6 is 0 Å². The zero-order valence-corrected chi connectivity index (χ0v) is 10.8. The molecule has 0 aliphatic heterocycles. The summed E-state index contributed by atoms with van der Waals surface area (Å²) < 4.78 is 10.2. The number of rotatable bonds is 2. The molecule has 5 nitrogen and oxygen atoms in total. The van der Waals surface area contributed by atoms with Crippen molar-refractivity contribution in [2.45, 2.75) is 52.7 Å². The topological polar surface area (TPSA) is 60.2 Å². The zero-order chi connectivity index (χ0) is 13.0. The van der Waals surface area contributed by atoms with Crippen molar-refractivity contribution in [1.29, 1.82) is 0 Å². The van der Waals surface area contributed by atoms with Crippen LogP contribution in [0.15, 0.2) is 22.7 Å². The van der Waals surface area contributed by atoms with Crippen molar-refractivity contribution in [3.63, 3.8) is 0 Å². The maximum atomic E-state index is 11.1. The van der Waals surface area contributed by atoms with E-state index in [-0.39, 0.29) is 5.88 Å². The first-order valence-corrected chi connectivity index (χ1v) is 5.02. The summed E-state index contributed by atoms with van der Waals surface area (Å²) in [5, 5.41) is 6.86. The molecule has 0 bridgehead atoms. The smallest absolute Gasteiger partial charge is 0.453 e. The third-order valence-corrected chi connectivity index (χ3v) is 1.06. The molecule has 0 atom stereocenters. The van der Waals surface area contributed by atoms with Gasteiger partial charge >= 0.3 is 6.09 Å². The van der Waals surface area contributed by atoms with Gasteiger partial charge in [0.05, 0.1) is 0 Å². The number of azo groups is 1. The Hall–Kier alpha value is -1.39. The van der Waals surface area contributed by atoms with E-state index in [1.807, 2.05) is 20.8 Å². The summed E-state index contributed by atoms with van der Waals surface area (Å²) in [5.41, 5.74) is -0.994. The van der Waals surface area contributed by atoms with Gasteiger partial charge in [-0.25, -0.2) is 4.79 Å². The van der Waals surface area contributed by atoms with Crippen molar-refractivity contribution in [2.75, 3.05) is 0 Å². The van der Waals surface area contributed by atoms with E-state index in [2.05, 4.69) is 16.8 Å². The molecule has 0 aromatic heterocycles. The Morgan fingerprint density at radius 2 is 1.38 bits per heavy atom. The Labute approximate surface area is 96.5 Å².